The van der Waals surface area contributed by atoms with Crippen LogP contribution in [0, 0.1) is 17.3 Å². The Kier molecular flexibility index (Phi) is 9.00. The molecule has 8 atom stereocenters. The standard InChI is InChI=1S/C33H59N3O3/c1-23(2)34-13-10-33(11-15-37-16-12-33)27(21-34)18-25(5)35-14-17-38-31-20-26(19-29(31)35)32-22-36(24(3)4)28-8-6-7-9-30(28)39-32/h23-32H,6-22H2,1-5H3. The second kappa shape index (κ2) is 12.2. The van der Waals surface area contributed by atoms with Crippen LogP contribution >= 0.6 is 0 Å². The van der Waals surface area contributed by atoms with E-state index in [1.54, 1.807) is 0 Å². The van der Waals surface area contributed by atoms with E-state index in [4.69, 9.17) is 14.2 Å². The maximum absolute atomic E-state index is 6.95. The van der Waals surface area contributed by atoms with Crippen LogP contribution < -0.4 is 0 Å². The molecule has 2 saturated carbocycles. The summed E-state index contributed by atoms with van der Waals surface area (Å²) in [6.07, 6.45) is 14.2. The van der Waals surface area contributed by atoms with Crippen LogP contribution in [0.5, 0.6) is 0 Å². The van der Waals surface area contributed by atoms with Gasteiger partial charge in [0.25, 0.3) is 0 Å². The Labute approximate surface area is 239 Å². The summed E-state index contributed by atoms with van der Waals surface area (Å²) in [5.41, 5.74) is 0.495. The topological polar surface area (TPSA) is 37.4 Å². The van der Waals surface area contributed by atoms with Crippen LogP contribution in [-0.4, -0.2) is 109 Å². The molecule has 6 fully saturated rings. The van der Waals surface area contributed by atoms with Crippen molar-refractivity contribution in [3.63, 3.8) is 0 Å². The lowest BCUT2D eigenvalue weighted by molar-refractivity contribution is -0.158. The quantitative estimate of drug-likeness (QED) is 0.457. The molecule has 1 spiro atoms. The molecule has 8 unspecified atom stereocenters. The summed E-state index contributed by atoms with van der Waals surface area (Å²) in [5.74, 6) is 1.40. The zero-order chi connectivity index (χ0) is 27.1. The Morgan fingerprint density at radius 2 is 1.54 bits per heavy atom. The summed E-state index contributed by atoms with van der Waals surface area (Å²) < 4.78 is 19.3. The van der Waals surface area contributed by atoms with Gasteiger partial charge in [0.05, 0.1) is 24.9 Å². The minimum absolute atomic E-state index is 0.376. The predicted molar refractivity (Wildman–Crippen MR) is 157 cm³/mol. The van der Waals surface area contributed by atoms with Crippen molar-refractivity contribution in [2.75, 3.05) is 46.0 Å². The molecule has 0 radical (unpaired) electrons. The summed E-state index contributed by atoms with van der Waals surface area (Å²) in [5, 5.41) is 0. The number of ether oxygens (including phenoxy) is 3. The normalized spacial score (nSPS) is 41.2. The molecular formula is C33H59N3O3. The fraction of sp³-hybridized carbons (Fsp3) is 1.00. The number of nitrogens with zero attached hydrogens (tertiary/aromatic N) is 3. The van der Waals surface area contributed by atoms with Crippen LogP contribution in [0.4, 0.5) is 0 Å². The Morgan fingerprint density at radius 3 is 2.31 bits per heavy atom. The highest BCUT2D eigenvalue weighted by molar-refractivity contribution is 5.02. The van der Waals surface area contributed by atoms with E-state index in [1.807, 2.05) is 0 Å². The third kappa shape index (κ3) is 5.86. The molecule has 6 aliphatic rings. The van der Waals surface area contributed by atoms with Gasteiger partial charge >= 0.3 is 0 Å². The van der Waals surface area contributed by atoms with E-state index in [2.05, 4.69) is 49.3 Å². The number of hydrogen-bond acceptors (Lipinski definition) is 6. The third-order valence-electron chi connectivity index (χ3n) is 12.3. The Balaban J connectivity index is 1.13. The average molecular weight is 546 g/mol. The SMILES string of the molecule is CC(C)N1CCC2(CCOCC2)C(CC(C)N2CCOC3CC(C4CN(C(C)C)C5CCCCC5O4)CC32)C1. The van der Waals surface area contributed by atoms with Gasteiger partial charge in [-0.1, -0.05) is 12.8 Å². The molecule has 4 aliphatic heterocycles. The van der Waals surface area contributed by atoms with E-state index in [0.29, 0.717) is 59.9 Å². The van der Waals surface area contributed by atoms with Crippen molar-refractivity contribution in [3.05, 3.63) is 0 Å². The van der Waals surface area contributed by atoms with Gasteiger partial charge in [0.1, 0.15) is 0 Å². The Hall–Kier alpha value is -0.240. The molecular weight excluding hydrogens is 486 g/mol. The summed E-state index contributed by atoms with van der Waals surface area (Å²) in [4.78, 5) is 8.45. The van der Waals surface area contributed by atoms with Crippen LogP contribution in [0.3, 0.4) is 0 Å². The second-order valence-corrected chi connectivity index (χ2v) is 14.9. The lowest BCUT2D eigenvalue weighted by atomic mass is 9.63. The van der Waals surface area contributed by atoms with Crippen molar-refractivity contribution in [3.8, 4) is 0 Å². The smallest absolute Gasteiger partial charge is 0.0736 e. The highest BCUT2D eigenvalue weighted by atomic mass is 16.5. The maximum atomic E-state index is 6.95. The highest BCUT2D eigenvalue weighted by Gasteiger charge is 2.50. The molecule has 6 rings (SSSR count). The van der Waals surface area contributed by atoms with E-state index in [9.17, 15) is 0 Å². The van der Waals surface area contributed by atoms with Crippen molar-refractivity contribution >= 4 is 0 Å². The Morgan fingerprint density at radius 1 is 0.744 bits per heavy atom. The summed E-state index contributed by atoms with van der Waals surface area (Å²) in [6, 6.07) is 3.07. The van der Waals surface area contributed by atoms with Crippen molar-refractivity contribution in [2.24, 2.45) is 17.3 Å². The van der Waals surface area contributed by atoms with Crippen LogP contribution in [0.25, 0.3) is 0 Å². The third-order valence-corrected chi connectivity index (χ3v) is 12.3. The average Bonchev–Trinajstić information content (AvgIpc) is 3.38. The van der Waals surface area contributed by atoms with Crippen LogP contribution in [-0.2, 0) is 14.2 Å². The first-order valence-corrected chi connectivity index (χ1v) is 16.9. The zero-order valence-corrected chi connectivity index (χ0v) is 25.9. The van der Waals surface area contributed by atoms with Gasteiger partial charge in [0.15, 0.2) is 0 Å². The van der Waals surface area contributed by atoms with Gasteiger partial charge in [0.2, 0.25) is 0 Å². The van der Waals surface area contributed by atoms with Gasteiger partial charge < -0.3 is 19.1 Å². The Bertz CT molecular complexity index is 801. The van der Waals surface area contributed by atoms with E-state index in [1.165, 1.54) is 77.3 Å². The number of piperidine rings is 1. The first kappa shape index (κ1) is 28.9. The molecule has 0 aromatic rings. The highest BCUT2D eigenvalue weighted by Crippen LogP contribution is 2.48. The number of likely N-dealkylation sites (tertiary alicyclic amines) is 1. The van der Waals surface area contributed by atoms with Gasteiger partial charge in [-0.3, -0.25) is 9.80 Å². The van der Waals surface area contributed by atoms with Gasteiger partial charge in [0, 0.05) is 63.1 Å². The number of morpholine rings is 2. The molecule has 0 aromatic carbocycles. The number of fused-ring (bicyclic) bond motifs is 2. The summed E-state index contributed by atoms with van der Waals surface area (Å²) in [6.45, 7) is 19.7. The van der Waals surface area contributed by atoms with Crippen molar-refractivity contribution in [2.45, 2.75) is 147 Å². The van der Waals surface area contributed by atoms with Gasteiger partial charge in [-0.2, -0.15) is 0 Å². The molecule has 6 heteroatoms. The first-order valence-electron chi connectivity index (χ1n) is 16.9. The molecule has 0 N–H and O–H groups in total. The lowest BCUT2D eigenvalue weighted by Crippen LogP contribution is -2.59. The van der Waals surface area contributed by atoms with Crippen molar-refractivity contribution in [1.82, 2.24) is 14.7 Å². The molecule has 6 nitrogen and oxygen atoms in total. The molecule has 4 saturated heterocycles. The van der Waals surface area contributed by atoms with E-state index < -0.39 is 0 Å². The van der Waals surface area contributed by atoms with Crippen molar-refractivity contribution in [1.29, 1.82) is 0 Å². The first-order chi connectivity index (χ1) is 18.8. The van der Waals surface area contributed by atoms with Crippen LogP contribution in [0.2, 0.25) is 0 Å². The monoisotopic (exact) mass is 545 g/mol. The minimum atomic E-state index is 0.376. The molecule has 39 heavy (non-hydrogen) atoms. The fourth-order valence-electron chi connectivity index (χ4n) is 9.86. The van der Waals surface area contributed by atoms with E-state index >= 15 is 0 Å². The number of rotatable bonds is 6. The van der Waals surface area contributed by atoms with E-state index in [-0.39, 0.29) is 0 Å². The van der Waals surface area contributed by atoms with Crippen LogP contribution in [0.15, 0.2) is 0 Å². The molecule has 2 aliphatic carbocycles. The molecule has 4 heterocycles. The van der Waals surface area contributed by atoms with Crippen LogP contribution in [0.1, 0.15) is 98.8 Å². The molecule has 0 bridgehead atoms. The fourth-order valence-corrected chi connectivity index (χ4v) is 9.86. The largest absolute Gasteiger partial charge is 0.381 e. The molecule has 0 amide bonds. The second-order valence-electron chi connectivity index (χ2n) is 14.9. The maximum Gasteiger partial charge on any atom is 0.0736 e. The zero-order valence-electron chi connectivity index (χ0n) is 25.9. The van der Waals surface area contributed by atoms with Gasteiger partial charge in [-0.25, -0.2) is 0 Å². The molecule has 0 aromatic heterocycles. The predicted octanol–water partition coefficient (Wildman–Crippen LogP) is 5.19. The molecule has 224 valence electrons. The van der Waals surface area contributed by atoms with Gasteiger partial charge in [-0.15, -0.1) is 0 Å². The van der Waals surface area contributed by atoms with Crippen molar-refractivity contribution < 1.29 is 14.2 Å². The minimum Gasteiger partial charge on any atom is -0.381 e. The van der Waals surface area contributed by atoms with Gasteiger partial charge in [-0.05, 0) is 110 Å². The number of hydrogen-bond donors (Lipinski definition) is 0. The van der Waals surface area contributed by atoms with E-state index in [0.717, 1.165) is 38.8 Å². The summed E-state index contributed by atoms with van der Waals surface area (Å²) in [7, 11) is 0. The lowest BCUT2D eigenvalue weighted by Gasteiger charge is -2.53. The summed E-state index contributed by atoms with van der Waals surface area (Å²) >= 11 is 0.